The lowest BCUT2D eigenvalue weighted by Crippen LogP contribution is -2.00. The Labute approximate surface area is 390 Å². The van der Waals surface area contributed by atoms with Crippen LogP contribution in [-0.2, 0) is 0 Å². The van der Waals surface area contributed by atoms with Gasteiger partial charge in [-0.15, -0.1) is 0 Å². The summed E-state index contributed by atoms with van der Waals surface area (Å²) in [5, 5.41) is 3.79. The van der Waals surface area contributed by atoms with Crippen LogP contribution in [0.5, 0.6) is 0 Å². The van der Waals surface area contributed by atoms with Gasteiger partial charge in [-0.05, 0) is 64.7 Å². The van der Waals surface area contributed by atoms with Gasteiger partial charge in [-0.1, -0.05) is 176 Å². The van der Waals surface area contributed by atoms with Crippen LogP contribution in [-0.4, -0.2) is 29.9 Å². The summed E-state index contributed by atoms with van der Waals surface area (Å²) in [4.78, 5) is 30.7. The van der Waals surface area contributed by atoms with Crippen molar-refractivity contribution < 1.29 is 8.83 Å². The Morgan fingerprint density at radius 3 is 1.34 bits per heavy atom. The number of nitrogens with zero attached hydrogens (tertiary/aromatic N) is 6. The molecule has 13 rings (SSSR count). The van der Waals surface area contributed by atoms with Gasteiger partial charge < -0.3 is 8.83 Å². The molecule has 0 saturated heterocycles. The molecule has 0 N–H and O–H groups in total. The van der Waals surface area contributed by atoms with Crippen LogP contribution in [0.1, 0.15) is 0 Å². The van der Waals surface area contributed by atoms with Gasteiger partial charge in [-0.3, -0.25) is 0 Å². The maximum atomic E-state index is 6.68. The molecule has 0 bridgehead atoms. The Kier molecular flexibility index (Phi) is 9.31. The first-order valence-electron chi connectivity index (χ1n) is 22.4. The Bertz CT molecular complexity index is 3960. The third-order valence-electron chi connectivity index (χ3n) is 12.4. The summed E-state index contributed by atoms with van der Waals surface area (Å²) < 4.78 is 13.3. The van der Waals surface area contributed by atoms with Gasteiger partial charge in [0.05, 0.1) is 5.56 Å². The fourth-order valence-corrected chi connectivity index (χ4v) is 9.09. The van der Waals surface area contributed by atoms with E-state index in [1.54, 1.807) is 0 Å². The lowest BCUT2D eigenvalue weighted by molar-refractivity contribution is 0.668. The molecule has 0 aliphatic rings. The van der Waals surface area contributed by atoms with E-state index in [0.717, 1.165) is 93.9 Å². The molecule has 8 heteroatoms. The second-order valence-electron chi connectivity index (χ2n) is 16.6. The van der Waals surface area contributed by atoms with Crippen molar-refractivity contribution in [2.45, 2.75) is 0 Å². The molecule has 0 aliphatic heterocycles. The highest BCUT2D eigenvalue weighted by Gasteiger charge is 2.22. The van der Waals surface area contributed by atoms with Crippen LogP contribution in [0.4, 0.5) is 0 Å². The first kappa shape index (κ1) is 39.0. The van der Waals surface area contributed by atoms with Gasteiger partial charge in [0.1, 0.15) is 22.3 Å². The van der Waals surface area contributed by atoms with Crippen molar-refractivity contribution in [1.29, 1.82) is 0 Å². The predicted molar refractivity (Wildman–Crippen MR) is 271 cm³/mol. The zero-order chi connectivity index (χ0) is 45.0. The quantitative estimate of drug-likeness (QED) is 0.149. The minimum absolute atomic E-state index is 0.509. The van der Waals surface area contributed by atoms with Gasteiger partial charge in [0.25, 0.3) is 0 Å². The molecule has 0 saturated carbocycles. The highest BCUT2D eigenvalue weighted by Crippen LogP contribution is 2.42. The lowest BCUT2D eigenvalue weighted by atomic mass is 9.96. The van der Waals surface area contributed by atoms with Crippen molar-refractivity contribution in [2.75, 3.05) is 0 Å². The van der Waals surface area contributed by atoms with Gasteiger partial charge in [0.15, 0.2) is 34.9 Å². The van der Waals surface area contributed by atoms with Crippen LogP contribution in [0, 0.1) is 0 Å². The average Bonchev–Trinajstić information content (AvgIpc) is 4.00. The van der Waals surface area contributed by atoms with E-state index in [-0.39, 0.29) is 0 Å². The second kappa shape index (κ2) is 16.2. The predicted octanol–water partition coefficient (Wildman–Crippen LogP) is 15.2. The molecule has 318 valence electrons. The van der Waals surface area contributed by atoms with E-state index in [2.05, 4.69) is 72.8 Å². The van der Waals surface area contributed by atoms with Crippen LogP contribution >= 0.6 is 0 Å². The second-order valence-corrected chi connectivity index (χ2v) is 16.6. The summed E-state index contributed by atoms with van der Waals surface area (Å²) in [6.07, 6.45) is 0. The Morgan fingerprint density at radius 2 is 0.691 bits per heavy atom. The topological polar surface area (TPSA) is 104 Å². The van der Waals surface area contributed by atoms with Crippen molar-refractivity contribution in [1.82, 2.24) is 29.9 Å². The van der Waals surface area contributed by atoms with E-state index in [9.17, 15) is 0 Å². The lowest BCUT2D eigenvalue weighted by Gasteiger charge is -2.11. The zero-order valence-corrected chi connectivity index (χ0v) is 36.3. The summed E-state index contributed by atoms with van der Waals surface area (Å²) in [5.41, 5.74) is 12.2. The molecular formula is C60H36N6O2. The molecule has 4 heterocycles. The van der Waals surface area contributed by atoms with Gasteiger partial charge >= 0.3 is 0 Å². The van der Waals surface area contributed by atoms with Gasteiger partial charge in [0.2, 0.25) is 0 Å². The molecule has 0 radical (unpaired) electrons. The normalized spacial score (nSPS) is 11.5. The maximum absolute atomic E-state index is 6.68. The van der Waals surface area contributed by atoms with Gasteiger partial charge in [-0.25, -0.2) is 29.9 Å². The van der Waals surface area contributed by atoms with E-state index in [4.69, 9.17) is 38.7 Å². The summed E-state index contributed by atoms with van der Waals surface area (Å²) in [7, 11) is 0. The number of hydrogen-bond acceptors (Lipinski definition) is 8. The summed E-state index contributed by atoms with van der Waals surface area (Å²) in [5.74, 6) is 3.36. The SMILES string of the molecule is c1ccc(-c2cccc(-c3nc(-c4ccccc4)nc(-c4cccc5oc6ccc(-c7cc(-c8nc(-c9ccccc9)nc(-c9ccccc9)n8)c8oc9ccccc9c8c7)cc6c45)n3)c2)cc1. The van der Waals surface area contributed by atoms with Crippen LogP contribution in [0.25, 0.3) is 134 Å². The Morgan fingerprint density at radius 1 is 0.235 bits per heavy atom. The minimum atomic E-state index is 0.509. The van der Waals surface area contributed by atoms with Crippen molar-refractivity contribution in [2.24, 2.45) is 0 Å². The van der Waals surface area contributed by atoms with E-state index < -0.39 is 0 Å². The van der Waals surface area contributed by atoms with E-state index >= 15 is 0 Å². The molecule has 0 fully saturated rings. The molecule has 68 heavy (non-hydrogen) atoms. The highest BCUT2D eigenvalue weighted by molar-refractivity contribution is 6.14. The number of fused-ring (bicyclic) bond motifs is 6. The van der Waals surface area contributed by atoms with Crippen molar-refractivity contribution in [3.8, 4) is 90.6 Å². The molecular weight excluding hydrogens is 837 g/mol. The maximum Gasteiger partial charge on any atom is 0.167 e. The van der Waals surface area contributed by atoms with Gasteiger partial charge in [-0.2, -0.15) is 0 Å². The van der Waals surface area contributed by atoms with E-state index in [1.807, 2.05) is 146 Å². The standard InChI is InChI=1S/C60H36N6O2/c1-5-17-37(18-6-1)41-25-15-26-43(33-41)58-62-57(40-23-11-4-12-24-40)63-59(66-58)46-28-16-30-52-53(46)48-34-42(31-32-51(48)67-52)44-35-47-45-27-13-14-29-50(45)68-54(47)49(36-44)60-64-55(38-19-7-2-8-20-38)61-56(65-60)39-21-9-3-10-22-39/h1-36H. The molecule has 0 aliphatic carbocycles. The third-order valence-corrected chi connectivity index (χ3v) is 12.4. The summed E-state index contributed by atoms with van der Waals surface area (Å²) in [6, 6.07) is 73.6. The number of aromatic nitrogens is 6. The molecule has 0 spiro atoms. The third kappa shape index (κ3) is 6.96. The number of furan rings is 2. The monoisotopic (exact) mass is 872 g/mol. The largest absolute Gasteiger partial charge is 0.456 e. The minimum Gasteiger partial charge on any atom is -0.456 e. The number of hydrogen-bond donors (Lipinski definition) is 0. The smallest absolute Gasteiger partial charge is 0.167 e. The molecule has 0 unspecified atom stereocenters. The first-order valence-corrected chi connectivity index (χ1v) is 22.4. The average molecular weight is 873 g/mol. The molecule has 8 nitrogen and oxygen atoms in total. The molecule has 13 aromatic rings. The number of para-hydroxylation sites is 1. The van der Waals surface area contributed by atoms with Crippen LogP contribution < -0.4 is 0 Å². The Hall–Kier alpha value is -9.40. The van der Waals surface area contributed by atoms with Crippen molar-refractivity contribution in [3.63, 3.8) is 0 Å². The van der Waals surface area contributed by atoms with Crippen molar-refractivity contribution in [3.05, 3.63) is 218 Å². The van der Waals surface area contributed by atoms with Crippen LogP contribution in [0.15, 0.2) is 227 Å². The fourth-order valence-electron chi connectivity index (χ4n) is 9.09. The fraction of sp³-hybridized carbons (Fsp3) is 0. The van der Waals surface area contributed by atoms with Crippen LogP contribution in [0.2, 0.25) is 0 Å². The first-order chi connectivity index (χ1) is 33.7. The summed E-state index contributed by atoms with van der Waals surface area (Å²) in [6.45, 7) is 0. The van der Waals surface area contributed by atoms with E-state index in [1.165, 1.54) is 0 Å². The molecule has 0 atom stereocenters. The van der Waals surface area contributed by atoms with Crippen molar-refractivity contribution >= 4 is 43.9 Å². The number of benzene rings is 9. The Balaban J connectivity index is 1.01. The number of rotatable bonds is 8. The molecule has 0 amide bonds. The zero-order valence-electron chi connectivity index (χ0n) is 36.3. The molecule has 9 aromatic carbocycles. The van der Waals surface area contributed by atoms with Crippen LogP contribution in [0.3, 0.4) is 0 Å². The summed E-state index contributed by atoms with van der Waals surface area (Å²) >= 11 is 0. The highest BCUT2D eigenvalue weighted by atomic mass is 16.3. The van der Waals surface area contributed by atoms with Gasteiger partial charge in [0, 0.05) is 49.4 Å². The van der Waals surface area contributed by atoms with E-state index in [0.29, 0.717) is 40.5 Å². The molecule has 4 aromatic heterocycles.